The number of hydrogen-bond acceptors (Lipinski definition) is 7. The lowest BCUT2D eigenvalue weighted by Crippen LogP contribution is -2.50. The van der Waals surface area contributed by atoms with Crippen molar-refractivity contribution in [2.24, 2.45) is 5.92 Å². The minimum absolute atomic E-state index is 0.0330. The average molecular weight is 403 g/mol. The predicted octanol–water partition coefficient (Wildman–Crippen LogP) is 2.44. The lowest BCUT2D eigenvalue weighted by atomic mass is 9.91. The second-order valence-electron chi connectivity index (χ2n) is 6.89. The Morgan fingerprint density at radius 2 is 1.72 bits per heavy atom. The molecule has 0 unspecified atom stereocenters. The van der Waals surface area contributed by atoms with Gasteiger partial charge in [-0.1, -0.05) is 35.9 Å². The summed E-state index contributed by atoms with van der Waals surface area (Å²) >= 11 is 0. The third-order valence-corrected chi connectivity index (χ3v) is 4.61. The molecule has 1 aromatic carbocycles. The van der Waals surface area contributed by atoms with Crippen molar-refractivity contribution in [2.45, 2.75) is 32.4 Å². The molecule has 2 atom stereocenters. The number of allylic oxidation sites excluding steroid dienone is 2. The molecule has 1 heterocycles. The summed E-state index contributed by atoms with van der Waals surface area (Å²) in [5, 5.41) is 0. The topological polar surface area (TPSA) is 99.2 Å². The first-order valence-electron chi connectivity index (χ1n) is 9.13. The minimum Gasteiger partial charge on any atom is -0.468 e. The molecule has 0 saturated carbocycles. The monoisotopic (exact) mass is 403 g/mol. The molecule has 8 nitrogen and oxygen atoms in total. The summed E-state index contributed by atoms with van der Waals surface area (Å²) in [6.07, 6.45) is 0.419. The van der Waals surface area contributed by atoms with Crippen molar-refractivity contribution in [3.8, 4) is 0 Å². The van der Waals surface area contributed by atoms with Crippen molar-refractivity contribution in [3.05, 3.63) is 47.5 Å². The minimum atomic E-state index is -1.49. The lowest BCUT2D eigenvalue weighted by molar-refractivity contribution is -0.162. The third-order valence-electron chi connectivity index (χ3n) is 4.61. The Hall–Kier alpha value is -3.16. The molecular weight excluding hydrogens is 378 g/mol. The molecule has 1 saturated heterocycles. The van der Waals surface area contributed by atoms with E-state index in [2.05, 4.69) is 0 Å². The fourth-order valence-electron chi connectivity index (χ4n) is 3.36. The first kappa shape index (κ1) is 22.1. The van der Waals surface area contributed by atoms with Gasteiger partial charge in [-0.3, -0.25) is 19.3 Å². The van der Waals surface area contributed by atoms with Crippen LogP contribution in [0.3, 0.4) is 0 Å². The van der Waals surface area contributed by atoms with Crippen LogP contribution in [0.2, 0.25) is 0 Å². The van der Waals surface area contributed by atoms with Gasteiger partial charge >= 0.3 is 18.0 Å². The molecule has 0 bridgehead atoms. The van der Waals surface area contributed by atoms with Gasteiger partial charge in [0.2, 0.25) is 0 Å². The van der Waals surface area contributed by atoms with Gasteiger partial charge in [-0.15, -0.1) is 0 Å². The largest absolute Gasteiger partial charge is 0.468 e. The van der Waals surface area contributed by atoms with E-state index in [-0.39, 0.29) is 18.8 Å². The van der Waals surface area contributed by atoms with Crippen LogP contribution in [0.5, 0.6) is 0 Å². The summed E-state index contributed by atoms with van der Waals surface area (Å²) in [7, 11) is 2.26. The molecule has 1 amide bonds. The summed E-state index contributed by atoms with van der Waals surface area (Å²) in [4.78, 5) is 51.3. The Kier molecular flexibility index (Phi) is 7.52. The molecule has 8 heteroatoms. The maximum atomic E-state index is 12.6. The van der Waals surface area contributed by atoms with Gasteiger partial charge < -0.3 is 14.2 Å². The van der Waals surface area contributed by atoms with Crippen molar-refractivity contribution in [1.82, 2.24) is 4.90 Å². The van der Waals surface area contributed by atoms with Crippen LogP contribution < -0.4 is 0 Å². The molecule has 1 aliphatic heterocycles. The summed E-state index contributed by atoms with van der Waals surface area (Å²) in [5.41, 5.74) is 1.51. The quantitative estimate of drug-likeness (QED) is 0.284. The molecule has 0 N–H and O–H groups in total. The maximum Gasteiger partial charge on any atom is 0.410 e. The van der Waals surface area contributed by atoms with Crippen molar-refractivity contribution < 1.29 is 33.4 Å². The first-order valence-corrected chi connectivity index (χ1v) is 9.13. The van der Waals surface area contributed by atoms with Gasteiger partial charge in [0, 0.05) is 6.42 Å². The number of ether oxygens (including phenoxy) is 3. The van der Waals surface area contributed by atoms with Crippen molar-refractivity contribution >= 4 is 23.8 Å². The number of benzene rings is 1. The zero-order valence-corrected chi connectivity index (χ0v) is 16.9. The van der Waals surface area contributed by atoms with Crippen LogP contribution in [0.25, 0.3) is 0 Å². The Morgan fingerprint density at radius 3 is 2.24 bits per heavy atom. The van der Waals surface area contributed by atoms with Gasteiger partial charge in [0.1, 0.15) is 6.61 Å². The number of esters is 2. The Morgan fingerprint density at radius 1 is 1.14 bits per heavy atom. The Bertz CT molecular complexity index is 783. The normalized spacial score (nSPS) is 16.8. The lowest BCUT2D eigenvalue weighted by Gasteiger charge is -2.33. The molecule has 0 radical (unpaired) electrons. The highest BCUT2D eigenvalue weighted by atomic mass is 16.6. The molecule has 0 aromatic heterocycles. The summed E-state index contributed by atoms with van der Waals surface area (Å²) in [6, 6.07) is 7.35. The molecule has 1 fully saturated rings. The molecule has 1 aromatic rings. The van der Waals surface area contributed by atoms with E-state index in [1.54, 1.807) is 38.1 Å². The van der Waals surface area contributed by atoms with Crippen LogP contribution in [0, 0.1) is 5.92 Å². The highest BCUT2D eigenvalue weighted by Crippen LogP contribution is 2.34. The zero-order chi connectivity index (χ0) is 21.6. The number of nitrogens with zero attached hydrogens (tertiary/aromatic N) is 1. The van der Waals surface area contributed by atoms with E-state index in [1.807, 2.05) is 6.07 Å². The number of cyclic esters (lactones) is 1. The molecule has 0 aliphatic carbocycles. The zero-order valence-electron chi connectivity index (χ0n) is 16.9. The van der Waals surface area contributed by atoms with Crippen LogP contribution in [0.15, 0.2) is 42.0 Å². The third kappa shape index (κ3) is 5.22. The van der Waals surface area contributed by atoms with E-state index < -0.39 is 36.0 Å². The fourth-order valence-corrected chi connectivity index (χ4v) is 3.36. The average Bonchev–Trinajstić information content (AvgIpc) is 3.08. The van der Waals surface area contributed by atoms with Crippen molar-refractivity contribution in [1.29, 1.82) is 0 Å². The van der Waals surface area contributed by atoms with Crippen LogP contribution in [-0.4, -0.2) is 55.6 Å². The highest BCUT2D eigenvalue weighted by Gasteiger charge is 2.48. The van der Waals surface area contributed by atoms with E-state index in [1.165, 1.54) is 11.0 Å². The number of amides is 1. The molecule has 156 valence electrons. The number of rotatable bonds is 8. The summed E-state index contributed by atoms with van der Waals surface area (Å²) in [5.74, 6) is -3.60. The summed E-state index contributed by atoms with van der Waals surface area (Å²) in [6.45, 7) is 3.54. The van der Waals surface area contributed by atoms with E-state index in [0.717, 1.165) is 25.4 Å². The van der Waals surface area contributed by atoms with Crippen LogP contribution in [-0.2, 0) is 28.6 Å². The van der Waals surface area contributed by atoms with E-state index >= 15 is 0 Å². The standard InChI is InChI=1S/C21H25NO7/c1-13(2)10-15(23)11-16(18(19(24)27-3)20(25)28-4)22-17(12-29-21(22)26)14-8-6-5-7-9-14/h5-10,16-18H,11-12H2,1-4H3/t16-,17+/m0/s1. The molecule has 0 spiro atoms. The number of ketones is 1. The highest BCUT2D eigenvalue weighted by molar-refractivity contribution is 5.98. The molecule has 2 rings (SSSR count). The predicted molar refractivity (Wildman–Crippen MR) is 103 cm³/mol. The smallest absolute Gasteiger partial charge is 0.410 e. The molecule has 29 heavy (non-hydrogen) atoms. The van der Waals surface area contributed by atoms with Gasteiger partial charge in [0.15, 0.2) is 11.7 Å². The van der Waals surface area contributed by atoms with Gasteiger partial charge in [0.25, 0.3) is 0 Å². The SMILES string of the molecule is COC(=O)C(C(=O)OC)[C@H](CC(=O)C=C(C)C)N1C(=O)OC[C@@H]1c1ccccc1. The second kappa shape index (κ2) is 9.86. The second-order valence-corrected chi connectivity index (χ2v) is 6.89. The van der Waals surface area contributed by atoms with E-state index in [4.69, 9.17) is 14.2 Å². The maximum absolute atomic E-state index is 12.6. The number of carbonyl (C=O) groups excluding carboxylic acids is 4. The summed E-state index contributed by atoms with van der Waals surface area (Å²) < 4.78 is 14.7. The van der Waals surface area contributed by atoms with Crippen molar-refractivity contribution in [2.75, 3.05) is 20.8 Å². The van der Waals surface area contributed by atoms with Gasteiger partial charge in [-0.05, 0) is 25.5 Å². The van der Waals surface area contributed by atoms with Crippen molar-refractivity contribution in [3.63, 3.8) is 0 Å². The van der Waals surface area contributed by atoms with Gasteiger partial charge in [-0.25, -0.2) is 4.79 Å². The van der Waals surface area contributed by atoms with Gasteiger partial charge in [0.05, 0.1) is 26.3 Å². The molecular formula is C21H25NO7. The van der Waals surface area contributed by atoms with Crippen LogP contribution in [0.4, 0.5) is 4.79 Å². The number of hydrogen-bond donors (Lipinski definition) is 0. The van der Waals surface area contributed by atoms with Crippen LogP contribution >= 0.6 is 0 Å². The number of methoxy groups -OCH3 is 2. The number of carbonyl (C=O) groups is 4. The Balaban J connectivity index is 2.52. The van der Waals surface area contributed by atoms with E-state index in [0.29, 0.717) is 0 Å². The van der Waals surface area contributed by atoms with E-state index in [9.17, 15) is 19.2 Å². The first-order chi connectivity index (χ1) is 13.8. The Labute approximate surface area is 169 Å². The fraction of sp³-hybridized carbons (Fsp3) is 0.429. The van der Waals surface area contributed by atoms with Crippen LogP contribution in [0.1, 0.15) is 31.9 Å². The molecule has 1 aliphatic rings. The van der Waals surface area contributed by atoms with Gasteiger partial charge in [-0.2, -0.15) is 0 Å².